The van der Waals surface area contributed by atoms with Gasteiger partial charge in [-0.1, -0.05) is 35.5 Å². The van der Waals surface area contributed by atoms with Crippen LogP contribution in [0.1, 0.15) is 19.4 Å². The number of oxime groups is 1. The normalized spacial score (nSPS) is 11.0. The number of nitrogens with zero attached hydrogens (tertiary/aromatic N) is 1. The van der Waals surface area contributed by atoms with Gasteiger partial charge in [0, 0.05) is 12.5 Å². The fourth-order valence-corrected chi connectivity index (χ4v) is 2.34. The van der Waals surface area contributed by atoms with Crippen LogP contribution in [0.15, 0.2) is 53.7 Å². The van der Waals surface area contributed by atoms with E-state index in [0.29, 0.717) is 42.7 Å². The fraction of sp³-hybridized carbons (Fsp3) is 0.300. The minimum Gasteiger partial charge on any atom is -0.494 e. The van der Waals surface area contributed by atoms with Crippen LogP contribution in [-0.2, 0) is 16.1 Å². The molecule has 0 bridgehead atoms. The Hall–Kier alpha value is -3.22. The Morgan fingerprint density at radius 3 is 2.52 bits per heavy atom. The van der Waals surface area contributed by atoms with Crippen LogP contribution >= 0.6 is 0 Å². The molecule has 0 fully saturated rings. The van der Waals surface area contributed by atoms with Gasteiger partial charge in [-0.15, -0.1) is 0 Å². The van der Waals surface area contributed by atoms with E-state index in [4.69, 9.17) is 20.0 Å². The summed E-state index contributed by atoms with van der Waals surface area (Å²) in [6, 6.07) is 14.9. The van der Waals surface area contributed by atoms with Gasteiger partial charge in [0.25, 0.3) is 5.91 Å². The zero-order valence-corrected chi connectivity index (χ0v) is 15.6. The maximum atomic E-state index is 12.1. The molecule has 0 aliphatic rings. The van der Waals surface area contributed by atoms with Gasteiger partial charge in [-0.2, -0.15) is 0 Å². The zero-order chi connectivity index (χ0) is 19.5. The maximum absolute atomic E-state index is 12.1. The third kappa shape index (κ3) is 6.89. The summed E-state index contributed by atoms with van der Waals surface area (Å²) in [7, 11) is 0. The molecule has 7 heteroatoms. The average Bonchev–Trinajstić information content (AvgIpc) is 2.65. The predicted octanol–water partition coefficient (Wildman–Crippen LogP) is 2.95. The number of carbonyl (C=O) groups excluding carboxylic acids is 1. The monoisotopic (exact) mass is 371 g/mol. The van der Waals surface area contributed by atoms with Crippen molar-refractivity contribution in [3.05, 3.63) is 54.1 Å². The van der Waals surface area contributed by atoms with Gasteiger partial charge in [0.2, 0.25) is 0 Å². The SMILES string of the molecule is CCOc1ccc(OCC)c(NC(=O)CO/N=C(/N)Cc2ccccc2)c1. The third-order valence-corrected chi connectivity index (χ3v) is 3.44. The molecule has 2 rings (SSSR count). The smallest absolute Gasteiger partial charge is 0.265 e. The average molecular weight is 371 g/mol. The van der Waals surface area contributed by atoms with E-state index in [1.165, 1.54) is 0 Å². The van der Waals surface area contributed by atoms with Crippen LogP contribution in [0.5, 0.6) is 11.5 Å². The first kappa shape index (κ1) is 20.1. The minimum absolute atomic E-state index is 0.264. The summed E-state index contributed by atoms with van der Waals surface area (Å²) in [6.07, 6.45) is 0.452. The van der Waals surface area contributed by atoms with Crippen LogP contribution in [0.2, 0.25) is 0 Å². The topological polar surface area (TPSA) is 95.2 Å². The summed E-state index contributed by atoms with van der Waals surface area (Å²) in [5.74, 6) is 1.12. The van der Waals surface area contributed by atoms with Gasteiger partial charge >= 0.3 is 0 Å². The molecule has 144 valence electrons. The second-order valence-electron chi connectivity index (χ2n) is 5.59. The summed E-state index contributed by atoms with van der Waals surface area (Å²) < 4.78 is 11.0. The predicted molar refractivity (Wildman–Crippen MR) is 105 cm³/mol. The van der Waals surface area contributed by atoms with Crippen molar-refractivity contribution in [2.45, 2.75) is 20.3 Å². The molecule has 27 heavy (non-hydrogen) atoms. The first-order valence-corrected chi connectivity index (χ1v) is 8.80. The lowest BCUT2D eigenvalue weighted by atomic mass is 10.1. The van der Waals surface area contributed by atoms with Crippen molar-refractivity contribution in [1.29, 1.82) is 0 Å². The number of amidine groups is 1. The summed E-state index contributed by atoms with van der Waals surface area (Å²) in [5, 5.41) is 6.52. The van der Waals surface area contributed by atoms with Crippen LogP contribution in [0, 0.1) is 0 Å². The van der Waals surface area contributed by atoms with Crippen LogP contribution in [0.3, 0.4) is 0 Å². The molecule has 0 unspecified atom stereocenters. The largest absolute Gasteiger partial charge is 0.494 e. The summed E-state index contributed by atoms with van der Waals surface area (Å²) in [6.45, 7) is 4.50. The lowest BCUT2D eigenvalue weighted by Crippen LogP contribution is -2.20. The summed E-state index contributed by atoms with van der Waals surface area (Å²) in [5.41, 5.74) is 7.34. The van der Waals surface area contributed by atoms with E-state index in [1.807, 2.05) is 44.2 Å². The third-order valence-electron chi connectivity index (χ3n) is 3.44. The molecule has 0 radical (unpaired) electrons. The van der Waals surface area contributed by atoms with Crippen molar-refractivity contribution in [3.8, 4) is 11.5 Å². The Balaban J connectivity index is 1.90. The first-order chi connectivity index (χ1) is 13.1. The molecule has 0 spiro atoms. The number of hydrogen-bond donors (Lipinski definition) is 2. The van der Waals surface area contributed by atoms with Crippen molar-refractivity contribution in [1.82, 2.24) is 0 Å². The molecule has 0 aliphatic carbocycles. The lowest BCUT2D eigenvalue weighted by molar-refractivity contribution is -0.120. The Bertz CT molecular complexity index is 763. The van der Waals surface area contributed by atoms with E-state index >= 15 is 0 Å². The Morgan fingerprint density at radius 1 is 1.07 bits per heavy atom. The van der Waals surface area contributed by atoms with E-state index in [-0.39, 0.29) is 12.5 Å². The van der Waals surface area contributed by atoms with Crippen molar-refractivity contribution < 1.29 is 19.1 Å². The van der Waals surface area contributed by atoms with Gasteiger partial charge in [-0.25, -0.2) is 0 Å². The van der Waals surface area contributed by atoms with Crippen LogP contribution < -0.4 is 20.5 Å². The molecule has 0 atom stereocenters. The molecule has 0 aliphatic heterocycles. The highest BCUT2D eigenvalue weighted by Crippen LogP contribution is 2.29. The molecule has 7 nitrogen and oxygen atoms in total. The molecule has 2 aromatic carbocycles. The number of nitrogens with two attached hydrogens (primary N) is 1. The highest BCUT2D eigenvalue weighted by atomic mass is 16.6. The van der Waals surface area contributed by atoms with E-state index in [9.17, 15) is 4.79 Å². The van der Waals surface area contributed by atoms with Gasteiger partial charge in [-0.3, -0.25) is 4.79 Å². The van der Waals surface area contributed by atoms with E-state index in [1.54, 1.807) is 18.2 Å². The second-order valence-corrected chi connectivity index (χ2v) is 5.59. The van der Waals surface area contributed by atoms with Crippen molar-refractivity contribution >= 4 is 17.4 Å². The highest BCUT2D eigenvalue weighted by molar-refractivity contribution is 5.93. The van der Waals surface area contributed by atoms with Crippen molar-refractivity contribution in [3.63, 3.8) is 0 Å². The minimum atomic E-state index is -0.374. The first-order valence-electron chi connectivity index (χ1n) is 8.80. The Kier molecular flexibility index (Phi) is 7.96. The Labute approximate surface area is 159 Å². The van der Waals surface area contributed by atoms with Crippen LogP contribution in [0.4, 0.5) is 5.69 Å². The fourth-order valence-electron chi connectivity index (χ4n) is 2.34. The second kappa shape index (κ2) is 10.7. The number of ether oxygens (including phenoxy) is 2. The molecule has 0 heterocycles. The number of hydrogen-bond acceptors (Lipinski definition) is 5. The van der Waals surface area contributed by atoms with Gasteiger partial charge in [0.1, 0.15) is 17.3 Å². The quantitative estimate of drug-likeness (QED) is 0.380. The lowest BCUT2D eigenvalue weighted by Gasteiger charge is -2.13. The van der Waals surface area contributed by atoms with E-state index < -0.39 is 0 Å². The number of benzene rings is 2. The van der Waals surface area contributed by atoms with Gasteiger partial charge in [0.15, 0.2) is 6.61 Å². The van der Waals surface area contributed by atoms with Crippen LogP contribution in [-0.4, -0.2) is 31.6 Å². The van der Waals surface area contributed by atoms with Crippen molar-refractivity contribution in [2.24, 2.45) is 10.9 Å². The molecular weight excluding hydrogens is 346 g/mol. The molecule has 0 aromatic heterocycles. The van der Waals surface area contributed by atoms with Gasteiger partial charge < -0.3 is 25.4 Å². The molecular formula is C20H25N3O4. The summed E-state index contributed by atoms with van der Waals surface area (Å²) >= 11 is 0. The number of amides is 1. The molecule has 1 amide bonds. The van der Waals surface area contributed by atoms with E-state index in [0.717, 1.165) is 5.56 Å². The van der Waals surface area contributed by atoms with Crippen molar-refractivity contribution in [2.75, 3.05) is 25.1 Å². The molecule has 3 N–H and O–H groups in total. The van der Waals surface area contributed by atoms with Gasteiger partial charge in [-0.05, 0) is 31.5 Å². The van der Waals surface area contributed by atoms with E-state index in [2.05, 4.69) is 10.5 Å². The number of nitrogens with one attached hydrogen (secondary N) is 1. The zero-order valence-electron chi connectivity index (χ0n) is 15.6. The Morgan fingerprint density at radius 2 is 1.81 bits per heavy atom. The standard InChI is InChI=1S/C20H25N3O4/c1-3-25-16-10-11-18(26-4-2)17(13-16)22-20(24)14-27-23-19(21)12-15-8-6-5-7-9-15/h5-11,13H,3-4,12,14H2,1-2H3,(H2,21,23)(H,22,24). The number of carbonyl (C=O) groups is 1. The maximum Gasteiger partial charge on any atom is 0.265 e. The molecule has 2 aromatic rings. The molecule has 0 saturated carbocycles. The number of anilines is 1. The van der Waals surface area contributed by atoms with Gasteiger partial charge in [0.05, 0.1) is 18.9 Å². The number of rotatable bonds is 10. The molecule has 0 saturated heterocycles. The van der Waals surface area contributed by atoms with Crippen LogP contribution in [0.25, 0.3) is 0 Å². The summed E-state index contributed by atoms with van der Waals surface area (Å²) in [4.78, 5) is 17.2. The highest BCUT2D eigenvalue weighted by Gasteiger charge is 2.10.